The molecule has 1 aromatic carbocycles. The highest BCUT2D eigenvalue weighted by molar-refractivity contribution is 7.07. The number of piperazine rings is 1. The van der Waals surface area contributed by atoms with Gasteiger partial charge in [-0.15, -0.1) is 0 Å². The van der Waals surface area contributed by atoms with Crippen molar-refractivity contribution < 1.29 is 9.59 Å². The monoisotopic (exact) mass is 413 g/mol. The Kier molecular flexibility index (Phi) is 7.24. The van der Waals surface area contributed by atoms with Crippen LogP contribution in [0.25, 0.3) is 0 Å². The van der Waals surface area contributed by atoms with Crippen LogP contribution in [0.15, 0.2) is 46.1 Å². The molecule has 1 aromatic heterocycles. The minimum Gasteiger partial charge on any atom is -0.356 e. The van der Waals surface area contributed by atoms with Gasteiger partial charge in [0.05, 0.1) is 6.54 Å². The van der Waals surface area contributed by atoms with Crippen LogP contribution in [0.4, 0.5) is 0 Å². The number of aliphatic imine (C=N–C) groups is 1. The summed E-state index contributed by atoms with van der Waals surface area (Å²) in [6, 6.07) is 9.60. The quantitative estimate of drug-likeness (QED) is 0.498. The molecule has 1 saturated heterocycles. The highest BCUT2D eigenvalue weighted by Crippen LogP contribution is 2.17. The lowest BCUT2D eigenvalue weighted by Crippen LogP contribution is -2.49. The third-order valence-corrected chi connectivity index (χ3v) is 5.60. The number of nitrogens with zero attached hydrogens (tertiary/aromatic N) is 2. The van der Waals surface area contributed by atoms with Gasteiger partial charge in [-0.3, -0.25) is 14.6 Å². The summed E-state index contributed by atoms with van der Waals surface area (Å²) in [6.07, 6.45) is 0. The highest BCUT2D eigenvalue weighted by atomic mass is 32.1. The number of thiophene rings is 1. The predicted molar refractivity (Wildman–Crippen MR) is 116 cm³/mol. The number of amides is 2. The number of carbonyl (C=O) groups is 2. The van der Waals surface area contributed by atoms with E-state index in [4.69, 9.17) is 0 Å². The molecule has 1 aliphatic heterocycles. The van der Waals surface area contributed by atoms with E-state index in [1.54, 1.807) is 35.4 Å². The summed E-state index contributed by atoms with van der Waals surface area (Å²) < 4.78 is 0. The second-order valence-corrected chi connectivity index (χ2v) is 7.82. The summed E-state index contributed by atoms with van der Waals surface area (Å²) in [5, 5.41) is 13.6. The molecule has 0 radical (unpaired) electrons. The normalized spacial score (nSPS) is 15.6. The lowest BCUT2D eigenvalue weighted by Gasteiger charge is -2.26. The highest BCUT2D eigenvalue weighted by Gasteiger charge is 2.22. The van der Waals surface area contributed by atoms with Crippen molar-refractivity contribution in [1.82, 2.24) is 20.9 Å². The molecule has 154 valence electrons. The maximum Gasteiger partial charge on any atom is 0.254 e. The fourth-order valence-electron chi connectivity index (χ4n) is 3.09. The summed E-state index contributed by atoms with van der Waals surface area (Å²) in [4.78, 5) is 29.8. The van der Waals surface area contributed by atoms with E-state index in [0.717, 1.165) is 18.1 Å². The van der Waals surface area contributed by atoms with Gasteiger partial charge in [0.2, 0.25) is 5.91 Å². The predicted octanol–water partition coefficient (Wildman–Crippen LogP) is 1.79. The minimum absolute atomic E-state index is 0.112. The van der Waals surface area contributed by atoms with Crippen LogP contribution < -0.4 is 16.0 Å². The average molecular weight is 414 g/mol. The van der Waals surface area contributed by atoms with Gasteiger partial charge < -0.3 is 20.9 Å². The molecule has 8 heteroatoms. The van der Waals surface area contributed by atoms with Crippen LogP contribution in [-0.4, -0.2) is 55.9 Å². The van der Waals surface area contributed by atoms with Gasteiger partial charge in [-0.25, -0.2) is 0 Å². The van der Waals surface area contributed by atoms with E-state index >= 15 is 0 Å². The maximum absolute atomic E-state index is 12.5. The summed E-state index contributed by atoms with van der Waals surface area (Å²) in [5.41, 5.74) is 2.96. The largest absolute Gasteiger partial charge is 0.356 e. The standard InChI is InChI=1S/C21H27N5O2S/c1-15(18-7-10-29-14-18)11-24-21(22-2)25-12-16-3-5-17(6-4-16)20(28)26-9-8-23-19(27)13-26/h3-7,10,14-15H,8-9,11-13H2,1-2H3,(H,23,27)(H2,22,24,25). The van der Waals surface area contributed by atoms with E-state index in [1.807, 2.05) is 12.1 Å². The molecule has 29 heavy (non-hydrogen) atoms. The summed E-state index contributed by atoms with van der Waals surface area (Å²) >= 11 is 1.71. The molecule has 2 amide bonds. The molecule has 0 bridgehead atoms. The number of hydrogen-bond acceptors (Lipinski definition) is 4. The van der Waals surface area contributed by atoms with Crippen molar-refractivity contribution in [3.05, 3.63) is 57.8 Å². The number of carbonyl (C=O) groups excluding carboxylic acids is 2. The lowest BCUT2D eigenvalue weighted by molar-refractivity contribution is -0.123. The van der Waals surface area contributed by atoms with Crippen LogP contribution in [0.2, 0.25) is 0 Å². The Hall–Kier alpha value is -2.87. The molecule has 1 unspecified atom stereocenters. The molecule has 0 aliphatic carbocycles. The number of nitrogens with one attached hydrogen (secondary N) is 3. The zero-order valence-electron chi connectivity index (χ0n) is 16.8. The Bertz CT molecular complexity index is 848. The zero-order valence-corrected chi connectivity index (χ0v) is 17.6. The Balaban J connectivity index is 1.48. The fraction of sp³-hybridized carbons (Fsp3) is 0.381. The van der Waals surface area contributed by atoms with Crippen molar-refractivity contribution in [2.75, 3.05) is 33.2 Å². The Labute approximate surface area is 175 Å². The first-order valence-corrected chi connectivity index (χ1v) is 10.6. The number of rotatable bonds is 6. The zero-order chi connectivity index (χ0) is 20.6. The van der Waals surface area contributed by atoms with Gasteiger partial charge in [0.15, 0.2) is 5.96 Å². The topological polar surface area (TPSA) is 85.8 Å². The lowest BCUT2D eigenvalue weighted by atomic mass is 10.1. The molecular formula is C21H27N5O2S. The van der Waals surface area contributed by atoms with Crippen LogP contribution in [-0.2, 0) is 11.3 Å². The van der Waals surface area contributed by atoms with Crippen molar-refractivity contribution >= 4 is 29.1 Å². The molecule has 7 nitrogen and oxygen atoms in total. The number of benzene rings is 1. The molecule has 3 N–H and O–H groups in total. The van der Waals surface area contributed by atoms with Gasteiger partial charge in [0.25, 0.3) is 5.91 Å². The van der Waals surface area contributed by atoms with Gasteiger partial charge in [0.1, 0.15) is 0 Å². The average Bonchev–Trinajstić information content (AvgIpc) is 3.28. The van der Waals surface area contributed by atoms with Gasteiger partial charge in [-0.2, -0.15) is 11.3 Å². The van der Waals surface area contributed by atoms with Crippen molar-refractivity contribution in [1.29, 1.82) is 0 Å². The second kappa shape index (κ2) is 10.1. The van der Waals surface area contributed by atoms with Crippen LogP contribution >= 0.6 is 11.3 Å². The molecule has 0 saturated carbocycles. The minimum atomic E-state index is -0.113. The molecule has 2 aromatic rings. The van der Waals surface area contributed by atoms with Gasteiger partial charge >= 0.3 is 0 Å². The Morgan fingerprint density at radius 3 is 2.72 bits per heavy atom. The van der Waals surface area contributed by atoms with Gasteiger partial charge in [-0.05, 0) is 46.0 Å². The van der Waals surface area contributed by atoms with Crippen molar-refractivity contribution in [2.45, 2.75) is 19.4 Å². The number of hydrogen-bond donors (Lipinski definition) is 3. The van der Waals surface area contributed by atoms with Crippen LogP contribution in [0.5, 0.6) is 0 Å². The molecule has 2 heterocycles. The molecule has 1 fully saturated rings. The van der Waals surface area contributed by atoms with E-state index in [-0.39, 0.29) is 18.4 Å². The molecule has 1 aliphatic rings. The van der Waals surface area contributed by atoms with Crippen LogP contribution in [0.3, 0.4) is 0 Å². The fourth-order valence-corrected chi connectivity index (χ4v) is 3.87. The van der Waals surface area contributed by atoms with E-state index in [2.05, 4.69) is 44.7 Å². The van der Waals surface area contributed by atoms with E-state index < -0.39 is 0 Å². The third-order valence-electron chi connectivity index (χ3n) is 4.90. The summed E-state index contributed by atoms with van der Waals surface area (Å²) in [5.74, 6) is 0.922. The molecule has 3 rings (SSSR count). The van der Waals surface area contributed by atoms with Crippen molar-refractivity contribution in [3.8, 4) is 0 Å². The van der Waals surface area contributed by atoms with E-state index in [0.29, 0.717) is 31.1 Å². The van der Waals surface area contributed by atoms with E-state index in [1.165, 1.54) is 5.56 Å². The smallest absolute Gasteiger partial charge is 0.254 e. The molecular weight excluding hydrogens is 386 g/mol. The Morgan fingerprint density at radius 2 is 2.07 bits per heavy atom. The first-order chi connectivity index (χ1) is 14.1. The van der Waals surface area contributed by atoms with Crippen LogP contribution in [0, 0.1) is 0 Å². The SMILES string of the molecule is CN=C(NCc1ccc(C(=O)N2CCNC(=O)C2)cc1)NCC(C)c1ccsc1. The molecule has 0 spiro atoms. The van der Waals surface area contributed by atoms with Gasteiger partial charge in [0, 0.05) is 38.8 Å². The first-order valence-electron chi connectivity index (χ1n) is 9.68. The van der Waals surface area contributed by atoms with Gasteiger partial charge in [-0.1, -0.05) is 19.1 Å². The van der Waals surface area contributed by atoms with Crippen LogP contribution in [0.1, 0.15) is 34.3 Å². The molecule has 1 atom stereocenters. The maximum atomic E-state index is 12.5. The third kappa shape index (κ3) is 5.80. The second-order valence-electron chi connectivity index (χ2n) is 7.04. The van der Waals surface area contributed by atoms with Crippen molar-refractivity contribution in [2.24, 2.45) is 4.99 Å². The Morgan fingerprint density at radius 1 is 1.28 bits per heavy atom. The van der Waals surface area contributed by atoms with Crippen molar-refractivity contribution in [3.63, 3.8) is 0 Å². The summed E-state index contributed by atoms with van der Waals surface area (Å²) in [7, 11) is 1.75. The summed E-state index contributed by atoms with van der Waals surface area (Å²) in [6.45, 7) is 4.75. The first kappa shape index (κ1) is 20.9. The number of guanidine groups is 1. The van der Waals surface area contributed by atoms with E-state index in [9.17, 15) is 9.59 Å².